The number of hydrogen-bond donors (Lipinski definition) is 0. The van der Waals surface area contributed by atoms with Gasteiger partial charge >= 0.3 is 0 Å². The molecule has 7 nitrogen and oxygen atoms in total. The number of aromatic nitrogens is 4. The maximum Gasteiger partial charge on any atom is 0.250 e. The van der Waals surface area contributed by atoms with Crippen LogP contribution in [0.3, 0.4) is 0 Å². The maximum atomic E-state index is 11.9. The van der Waals surface area contributed by atoms with Crippen LogP contribution in [0.25, 0.3) is 22.2 Å². The number of fused-ring (bicyclic) bond motifs is 1. The average molecular weight is 426 g/mol. The molecule has 0 aliphatic carbocycles. The van der Waals surface area contributed by atoms with Crippen LogP contribution in [0.1, 0.15) is 17.3 Å². The predicted octanol–water partition coefficient (Wildman–Crippen LogP) is 4.85. The fourth-order valence-electron chi connectivity index (χ4n) is 3.82. The highest BCUT2D eigenvalue weighted by Gasteiger charge is 2.19. The number of para-hydroxylation sites is 1. The first-order valence-electron chi connectivity index (χ1n) is 10.3. The highest BCUT2D eigenvalue weighted by Crippen LogP contribution is 2.39. The van der Waals surface area contributed by atoms with E-state index in [2.05, 4.69) is 9.72 Å². The minimum Gasteiger partial charge on any atom is -0.454 e. The molecule has 5 rings (SSSR count). The summed E-state index contributed by atoms with van der Waals surface area (Å²) in [5.41, 5.74) is 4.18. The molecule has 3 heterocycles. The van der Waals surface area contributed by atoms with Crippen molar-refractivity contribution in [2.75, 3.05) is 0 Å². The van der Waals surface area contributed by atoms with Crippen molar-refractivity contribution in [3.05, 3.63) is 94.5 Å². The molecular formula is C25H22N4O3. The molecule has 0 N–H and O–H groups in total. The third kappa shape index (κ3) is 3.58. The number of pyridine rings is 1. The van der Waals surface area contributed by atoms with E-state index in [4.69, 9.17) is 14.2 Å². The number of nitrogens with zero attached hydrogens (tertiary/aromatic N) is 4. The van der Waals surface area contributed by atoms with Gasteiger partial charge in [0.1, 0.15) is 17.1 Å². The molecule has 0 aliphatic rings. The van der Waals surface area contributed by atoms with Gasteiger partial charge in [-0.05, 0) is 44.2 Å². The summed E-state index contributed by atoms with van der Waals surface area (Å²) in [5, 5.41) is 3.99. The summed E-state index contributed by atoms with van der Waals surface area (Å²) in [4.78, 5) is 16.8. The molecule has 7 heteroatoms. The van der Waals surface area contributed by atoms with Crippen LogP contribution in [-0.2, 0) is 13.6 Å². The van der Waals surface area contributed by atoms with Crippen LogP contribution in [0.4, 0.5) is 0 Å². The van der Waals surface area contributed by atoms with E-state index in [-0.39, 0.29) is 5.56 Å². The first-order chi connectivity index (χ1) is 15.5. The summed E-state index contributed by atoms with van der Waals surface area (Å²) in [6, 6.07) is 18.9. The Kier molecular flexibility index (Phi) is 4.86. The highest BCUT2D eigenvalue weighted by atomic mass is 16.5. The van der Waals surface area contributed by atoms with E-state index in [0.29, 0.717) is 18.0 Å². The summed E-state index contributed by atoms with van der Waals surface area (Å²) >= 11 is 0. The molecular weight excluding hydrogens is 404 g/mol. The van der Waals surface area contributed by atoms with Gasteiger partial charge in [0.15, 0.2) is 11.5 Å². The van der Waals surface area contributed by atoms with Gasteiger partial charge in [-0.1, -0.05) is 23.4 Å². The van der Waals surface area contributed by atoms with Crippen molar-refractivity contribution in [3.63, 3.8) is 0 Å². The molecule has 0 bridgehead atoms. The third-order valence-corrected chi connectivity index (χ3v) is 5.42. The molecule has 0 amide bonds. The molecule has 0 aliphatic heterocycles. The van der Waals surface area contributed by atoms with E-state index in [1.165, 1.54) is 0 Å². The fraction of sp³-hybridized carbons (Fsp3) is 0.160. The maximum absolute atomic E-state index is 11.9. The molecule has 2 aromatic carbocycles. The Labute approximate surface area is 184 Å². The van der Waals surface area contributed by atoms with Crippen LogP contribution >= 0.6 is 0 Å². The van der Waals surface area contributed by atoms with Gasteiger partial charge in [0, 0.05) is 36.5 Å². The van der Waals surface area contributed by atoms with Crippen molar-refractivity contribution in [3.8, 4) is 22.6 Å². The van der Waals surface area contributed by atoms with Crippen molar-refractivity contribution >= 4 is 11.0 Å². The molecule has 0 saturated heterocycles. The zero-order chi connectivity index (χ0) is 22.2. The monoisotopic (exact) mass is 426 g/mol. The van der Waals surface area contributed by atoms with Gasteiger partial charge < -0.3 is 18.4 Å². The Bertz CT molecular complexity index is 1480. The molecule has 32 heavy (non-hydrogen) atoms. The molecule has 0 spiro atoms. The summed E-state index contributed by atoms with van der Waals surface area (Å²) in [5.74, 6) is 2.95. The van der Waals surface area contributed by atoms with Gasteiger partial charge in [0.05, 0.1) is 17.8 Å². The second-order valence-corrected chi connectivity index (χ2v) is 7.77. The minimum absolute atomic E-state index is 0.0668. The Morgan fingerprint density at radius 2 is 1.84 bits per heavy atom. The van der Waals surface area contributed by atoms with Crippen LogP contribution < -0.4 is 10.3 Å². The number of benzene rings is 2. The Balaban J connectivity index is 1.70. The van der Waals surface area contributed by atoms with Crippen molar-refractivity contribution in [1.82, 2.24) is 19.3 Å². The van der Waals surface area contributed by atoms with E-state index >= 15 is 0 Å². The van der Waals surface area contributed by atoms with E-state index in [9.17, 15) is 4.79 Å². The van der Waals surface area contributed by atoms with Crippen LogP contribution in [0.15, 0.2) is 76.2 Å². The normalized spacial score (nSPS) is 11.2. The molecule has 160 valence electrons. The minimum atomic E-state index is -0.0668. The molecule has 0 atom stereocenters. The van der Waals surface area contributed by atoms with Gasteiger partial charge in [-0.3, -0.25) is 4.79 Å². The zero-order valence-corrected chi connectivity index (χ0v) is 18.1. The summed E-state index contributed by atoms with van der Waals surface area (Å²) in [7, 11) is 1.74. The molecule has 5 aromatic rings. The molecule has 0 unspecified atom stereocenters. The van der Waals surface area contributed by atoms with Crippen LogP contribution in [0.5, 0.6) is 11.5 Å². The second kappa shape index (κ2) is 7.85. The predicted molar refractivity (Wildman–Crippen MR) is 122 cm³/mol. The highest BCUT2D eigenvalue weighted by molar-refractivity contribution is 5.91. The Morgan fingerprint density at radius 1 is 1.03 bits per heavy atom. The lowest BCUT2D eigenvalue weighted by atomic mass is 10.1. The van der Waals surface area contributed by atoms with E-state index in [1.54, 1.807) is 17.7 Å². The van der Waals surface area contributed by atoms with Crippen molar-refractivity contribution < 1.29 is 9.26 Å². The lowest BCUT2D eigenvalue weighted by molar-refractivity contribution is 0.373. The molecule has 0 saturated carbocycles. The molecule has 0 radical (unpaired) electrons. The van der Waals surface area contributed by atoms with Crippen LogP contribution in [0.2, 0.25) is 0 Å². The van der Waals surface area contributed by atoms with E-state index < -0.39 is 0 Å². The Hall–Kier alpha value is -4.13. The zero-order valence-electron chi connectivity index (χ0n) is 18.1. The second-order valence-electron chi connectivity index (χ2n) is 7.77. The number of aryl methyl sites for hydroxylation is 3. The summed E-state index contributed by atoms with van der Waals surface area (Å²) < 4.78 is 15.4. The number of ether oxygens (including phenoxy) is 1. The summed E-state index contributed by atoms with van der Waals surface area (Å²) in [6.45, 7) is 4.38. The van der Waals surface area contributed by atoms with Gasteiger partial charge in [-0.15, -0.1) is 0 Å². The van der Waals surface area contributed by atoms with Gasteiger partial charge in [0.25, 0.3) is 0 Å². The standard InChI is InChI=1S/C25H22N4O3/c1-16-13-20(32-27-16)15-29-17(2)26-24-22(29)11-10-21(18-9-12-23(30)28(3)14-18)25(24)31-19-7-5-4-6-8-19/h4-14H,15H2,1-3H3. The largest absolute Gasteiger partial charge is 0.454 e. The lowest BCUT2D eigenvalue weighted by Crippen LogP contribution is -2.14. The van der Waals surface area contributed by atoms with Crippen molar-refractivity contribution in [1.29, 1.82) is 0 Å². The Morgan fingerprint density at radius 3 is 2.56 bits per heavy atom. The number of rotatable bonds is 5. The number of imidazole rings is 1. The fourth-order valence-corrected chi connectivity index (χ4v) is 3.82. The van der Waals surface area contributed by atoms with E-state index in [1.807, 2.05) is 74.6 Å². The van der Waals surface area contributed by atoms with Crippen LogP contribution in [-0.4, -0.2) is 19.3 Å². The van der Waals surface area contributed by atoms with Crippen LogP contribution in [0, 0.1) is 13.8 Å². The third-order valence-electron chi connectivity index (χ3n) is 5.42. The van der Waals surface area contributed by atoms with Gasteiger partial charge in [-0.2, -0.15) is 0 Å². The van der Waals surface area contributed by atoms with Crippen molar-refractivity contribution in [2.24, 2.45) is 7.05 Å². The number of hydrogen-bond acceptors (Lipinski definition) is 5. The summed E-state index contributed by atoms with van der Waals surface area (Å²) in [6.07, 6.45) is 1.81. The first kappa shape index (κ1) is 19.8. The molecule has 0 fully saturated rings. The van der Waals surface area contributed by atoms with E-state index in [0.717, 1.165) is 39.4 Å². The first-order valence-corrected chi connectivity index (χ1v) is 10.3. The van der Waals surface area contributed by atoms with Crippen molar-refractivity contribution in [2.45, 2.75) is 20.4 Å². The topological polar surface area (TPSA) is 75.1 Å². The van der Waals surface area contributed by atoms with Gasteiger partial charge in [-0.25, -0.2) is 4.98 Å². The molecule has 3 aromatic heterocycles. The average Bonchev–Trinajstić information content (AvgIpc) is 3.34. The smallest absolute Gasteiger partial charge is 0.250 e. The quantitative estimate of drug-likeness (QED) is 0.402. The SMILES string of the molecule is Cc1cc(Cn2c(C)nc3c(Oc4ccccc4)c(-c4ccc(=O)n(C)c4)ccc32)on1. The van der Waals surface area contributed by atoms with Gasteiger partial charge in [0.2, 0.25) is 5.56 Å². The lowest BCUT2D eigenvalue weighted by Gasteiger charge is -2.13.